The fraction of sp³-hybridized carbons (Fsp3) is 0.400. The topological polar surface area (TPSA) is 76.8 Å². The van der Waals surface area contributed by atoms with Crippen molar-refractivity contribution in [2.45, 2.75) is 38.4 Å². The zero-order valence-corrected chi connectivity index (χ0v) is 15.0. The SMILES string of the molecule is CC(NC1CCN(Cc2cccnc2)CC1)c1ccc2[nH]c(=O)[nH]c2c1. The average Bonchev–Trinajstić information content (AvgIpc) is 3.03. The number of rotatable bonds is 5. The molecule has 3 heterocycles. The van der Waals surface area contributed by atoms with Gasteiger partial charge in [0.25, 0.3) is 0 Å². The Morgan fingerprint density at radius 2 is 2.04 bits per heavy atom. The van der Waals surface area contributed by atoms with Crippen molar-refractivity contribution in [2.24, 2.45) is 0 Å². The van der Waals surface area contributed by atoms with Crippen LogP contribution in [0.15, 0.2) is 47.5 Å². The van der Waals surface area contributed by atoms with Crippen LogP contribution in [0.25, 0.3) is 11.0 Å². The molecule has 4 rings (SSSR count). The van der Waals surface area contributed by atoms with Gasteiger partial charge >= 0.3 is 5.69 Å². The van der Waals surface area contributed by atoms with Crippen molar-refractivity contribution in [2.75, 3.05) is 13.1 Å². The first kappa shape index (κ1) is 17.0. The highest BCUT2D eigenvalue weighted by atomic mass is 16.1. The number of hydrogen-bond donors (Lipinski definition) is 3. The highest BCUT2D eigenvalue weighted by Gasteiger charge is 2.21. The molecule has 0 spiro atoms. The molecule has 1 saturated heterocycles. The summed E-state index contributed by atoms with van der Waals surface area (Å²) in [4.78, 5) is 23.7. The number of nitrogens with zero attached hydrogens (tertiary/aromatic N) is 2. The fourth-order valence-corrected chi connectivity index (χ4v) is 3.78. The lowest BCUT2D eigenvalue weighted by atomic mass is 10.0. The minimum Gasteiger partial charge on any atom is -0.307 e. The van der Waals surface area contributed by atoms with Crippen LogP contribution in [0.2, 0.25) is 0 Å². The minimum absolute atomic E-state index is 0.154. The Labute approximate surface area is 152 Å². The Morgan fingerprint density at radius 3 is 2.81 bits per heavy atom. The van der Waals surface area contributed by atoms with Crippen molar-refractivity contribution in [3.05, 3.63) is 64.3 Å². The van der Waals surface area contributed by atoms with E-state index in [0.717, 1.165) is 43.5 Å². The summed E-state index contributed by atoms with van der Waals surface area (Å²) in [6, 6.07) is 11.0. The van der Waals surface area contributed by atoms with Crippen LogP contribution in [0.5, 0.6) is 0 Å². The van der Waals surface area contributed by atoms with E-state index in [4.69, 9.17) is 0 Å². The van der Waals surface area contributed by atoms with E-state index in [0.29, 0.717) is 6.04 Å². The third kappa shape index (κ3) is 3.86. The van der Waals surface area contributed by atoms with Crippen LogP contribution in [0.3, 0.4) is 0 Å². The number of nitrogens with one attached hydrogen (secondary N) is 3. The van der Waals surface area contributed by atoms with Crippen LogP contribution < -0.4 is 11.0 Å². The first-order valence-corrected chi connectivity index (χ1v) is 9.26. The molecular weight excluding hydrogens is 326 g/mol. The van der Waals surface area contributed by atoms with Crippen molar-refractivity contribution in [1.29, 1.82) is 0 Å². The van der Waals surface area contributed by atoms with E-state index in [9.17, 15) is 4.79 Å². The van der Waals surface area contributed by atoms with Gasteiger partial charge in [0.2, 0.25) is 0 Å². The zero-order valence-electron chi connectivity index (χ0n) is 15.0. The summed E-state index contributed by atoms with van der Waals surface area (Å²) in [5.74, 6) is 0. The maximum atomic E-state index is 11.4. The van der Waals surface area contributed by atoms with Gasteiger partial charge in [0.1, 0.15) is 0 Å². The molecule has 0 amide bonds. The summed E-state index contributed by atoms with van der Waals surface area (Å²) in [7, 11) is 0. The van der Waals surface area contributed by atoms with Crippen molar-refractivity contribution >= 4 is 11.0 Å². The minimum atomic E-state index is -0.154. The van der Waals surface area contributed by atoms with Gasteiger partial charge in [-0.2, -0.15) is 0 Å². The van der Waals surface area contributed by atoms with E-state index in [1.807, 2.05) is 24.5 Å². The molecule has 0 aliphatic carbocycles. The van der Waals surface area contributed by atoms with Crippen LogP contribution in [0.4, 0.5) is 0 Å². The second-order valence-electron chi connectivity index (χ2n) is 7.18. The Bertz CT molecular complexity index is 909. The monoisotopic (exact) mass is 351 g/mol. The summed E-state index contributed by atoms with van der Waals surface area (Å²) >= 11 is 0. The number of likely N-dealkylation sites (tertiary alicyclic amines) is 1. The molecule has 136 valence electrons. The molecule has 0 radical (unpaired) electrons. The van der Waals surface area contributed by atoms with Gasteiger partial charge in [0, 0.05) is 31.0 Å². The molecule has 1 aromatic carbocycles. The summed E-state index contributed by atoms with van der Waals surface area (Å²) in [5, 5.41) is 3.75. The summed E-state index contributed by atoms with van der Waals surface area (Å²) in [6.45, 7) is 5.37. The average molecular weight is 351 g/mol. The molecule has 1 fully saturated rings. The van der Waals surface area contributed by atoms with Crippen LogP contribution in [0, 0.1) is 0 Å². The summed E-state index contributed by atoms with van der Waals surface area (Å²) < 4.78 is 0. The Hall–Kier alpha value is -2.44. The molecule has 3 aromatic rings. The number of piperidine rings is 1. The van der Waals surface area contributed by atoms with Crippen LogP contribution in [-0.4, -0.2) is 39.0 Å². The van der Waals surface area contributed by atoms with Crippen LogP contribution in [0.1, 0.15) is 36.9 Å². The van der Waals surface area contributed by atoms with Crippen molar-refractivity contribution in [1.82, 2.24) is 25.2 Å². The third-order valence-corrected chi connectivity index (χ3v) is 5.24. The van der Waals surface area contributed by atoms with Crippen LogP contribution >= 0.6 is 0 Å². The second-order valence-corrected chi connectivity index (χ2v) is 7.18. The highest BCUT2D eigenvalue weighted by Crippen LogP contribution is 2.20. The molecule has 1 aliphatic heterocycles. The first-order chi connectivity index (χ1) is 12.7. The number of H-pyrrole nitrogens is 2. The number of aromatic amines is 2. The number of benzene rings is 1. The lowest BCUT2D eigenvalue weighted by Crippen LogP contribution is -2.42. The van der Waals surface area contributed by atoms with E-state index < -0.39 is 0 Å². The Balaban J connectivity index is 1.32. The van der Waals surface area contributed by atoms with Crippen molar-refractivity contribution in [3.8, 4) is 0 Å². The fourth-order valence-electron chi connectivity index (χ4n) is 3.78. The van der Waals surface area contributed by atoms with Crippen molar-refractivity contribution < 1.29 is 0 Å². The van der Waals surface area contributed by atoms with Gasteiger partial charge in [0.05, 0.1) is 11.0 Å². The normalized spacial score (nSPS) is 17.6. The number of aromatic nitrogens is 3. The quantitative estimate of drug-likeness (QED) is 0.660. The molecule has 1 atom stereocenters. The molecule has 0 saturated carbocycles. The molecule has 6 nitrogen and oxygen atoms in total. The van der Waals surface area contributed by atoms with E-state index in [2.05, 4.69) is 50.3 Å². The van der Waals surface area contributed by atoms with Gasteiger partial charge in [-0.15, -0.1) is 0 Å². The van der Waals surface area contributed by atoms with Gasteiger partial charge < -0.3 is 15.3 Å². The number of pyridine rings is 1. The molecule has 2 aromatic heterocycles. The van der Waals surface area contributed by atoms with Crippen LogP contribution in [-0.2, 0) is 6.54 Å². The lowest BCUT2D eigenvalue weighted by molar-refractivity contribution is 0.185. The highest BCUT2D eigenvalue weighted by molar-refractivity contribution is 5.75. The Morgan fingerprint density at radius 1 is 1.23 bits per heavy atom. The third-order valence-electron chi connectivity index (χ3n) is 5.24. The molecule has 26 heavy (non-hydrogen) atoms. The largest absolute Gasteiger partial charge is 0.323 e. The van der Waals surface area contributed by atoms with Gasteiger partial charge in [-0.25, -0.2) is 4.79 Å². The molecule has 1 aliphatic rings. The van der Waals surface area contributed by atoms with E-state index in [1.165, 1.54) is 11.1 Å². The summed E-state index contributed by atoms with van der Waals surface area (Å²) in [5.41, 5.74) is 4.05. The standard InChI is InChI=1S/C20H25N5O/c1-14(16-4-5-18-19(11-16)24-20(26)23-18)22-17-6-9-25(10-7-17)13-15-3-2-8-21-12-15/h2-5,8,11-12,14,17,22H,6-7,9-10,13H2,1H3,(H2,23,24,26). The number of imidazole rings is 1. The van der Waals surface area contributed by atoms with Gasteiger partial charge in [-0.3, -0.25) is 9.88 Å². The van der Waals surface area contributed by atoms with Gasteiger partial charge in [-0.05, 0) is 62.2 Å². The van der Waals surface area contributed by atoms with Gasteiger partial charge in [0.15, 0.2) is 0 Å². The maximum Gasteiger partial charge on any atom is 0.323 e. The van der Waals surface area contributed by atoms with E-state index >= 15 is 0 Å². The second kappa shape index (κ2) is 7.43. The molecule has 1 unspecified atom stereocenters. The number of fused-ring (bicyclic) bond motifs is 1. The predicted octanol–water partition coefficient (Wildman–Crippen LogP) is 2.57. The van der Waals surface area contributed by atoms with E-state index in [-0.39, 0.29) is 11.7 Å². The first-order valence-electron chi connectivity index (χ1n) is 9.26. The molecule has 0 bridgehead atoms. The van der Waals surface area contributed by atoms with Gasteiger partial charge in [-0.1, -0.05) is 12.1 Å². The zero-order chi connectivity index (χ0) is 17.9. The molecular formula is C20H25N5O. The summed E-state index contributed by atoms with van der Waals surface area (Å²) in [6.07, 6.45) is 6.07. The maximum absolute atomic E-state index is 11.4. The number of hydrogen-bond acceptors (Lipinski definition) is 4. The lowest BCUT2D eigenvalue weighted by Gasteiger charge is -2.34. The van der Waals surface area contributed by atoms with Crippen molar-refractivity contribution in [3.63, 3.8) is 0 Å². The Kier molecular flexibility index (Phi) is 4.86. The molecule has 3 N–H and O–H groups in total. The smallest absolute Gasteiger partial charge is 0.307 e. The predicted molar refractivity (Wildman–Crippen MR) is 103 cm³/mol. The van der Waals surface area contributed by atoms with E-state index in [1.54, 1.807) is 0 Å². The molecule has 6 heteroatoms.